The maximum absolute atomic E-state index is 12.5. The van der Waals surface area contributed by atoms with Crippen molar-refractivity contribution in [3.63, 3.8) is 0 Å². The van der Waals surface area contributed by atoms with Crippen LogP contribution in [0.4, 0.5) is 5.13 Å². The van der Waals surface area contributed by atoms with Gasteiger partial charge in [-0.15, -0.1) is 0 Å². The maximum Gasteiger partial charge on any atom is 0.235 e. The molecule has 0 radical (unpaired) electrons. The first-order chi connectivity index (χ1) is 10.6. The van der Waals surface area contributed by atoms with Gasteiger partial charge in [-0.1, -0.05) is 34.5 Å². The van der Waals surface area contributed by atoms with Crippen LogP contribution in [0.15, 0.2) is 18.2 Å². The molecule has 0 atom stereocenters. The number of anilines is 1. The average molecular weight is 359 g/mol. The molecule has 1 N–H and O–H groups in total. The minimum absolute atomic E-state index is 0.172. The number of halogens is 2. The fourth-order valence-electron chi connectivity index (χ4n) is 2.13. The van der Waals surface area contributed by atoms with Crippen LogP contribution in [-0.2, 0) is 4.74 Å². The second-order valence-electron chi connectivity index (χ2n) is 4.70. The monoisotopic (exact) mass is 358 g/mol. The molecule has 3 rings (SSSR count). The highest BCUT2D eigenvalue weighted by molar-refractivity contribution is 7.18. The fraction of sp³-hybridized carbons (Fsp3) is 0.286. The van der Waals surface area contributed by atoms with E-state index in [-0.39, 0.29) is 21.6 Å². The third-order valence-corrected chi connectivity index (χ3v) is 4.91. The Morgan fingerprint density at radius 1 is 1.32 bits per heavy atom. The van der Waals surface area contributed by atoms with E-state index in [4.69, 9.17) is 27.9 Å². The summed E-state index contributed by atoms with van der Waals surface area (Å²) < 4.78 is 5.28. The lowest BCUT2D eigenvalue weighted by Crippen LogP contribution is -2.36. The largest absolute Gasteiger partial charge is 0.492 e. The van der Waals surface area contributed by atoms with Gasteiger partial charge < -0.3 is 14.7 Å². The third kappa shape index (κ3) is 3.05. The predicted octanol–water partition coefficient (Wildman–Crippen LogP) is 3.22. The van der Waals surface area contributed by atoms with Gasteiger partial charge in [-0.2, -0.15) is 4.98 Å². The molecular weight excluding hydrogens is 347 g/mol. The van der Waals surface area contributed by atoms with Crippen LogP contribution in [0.3, 0.4) is 0 Å². The van der Waals surface area contributed by atoms with Crippen LogP contribution in [0.25, 0.3) is 0 Å². The molecule has 22 heavy (non-hydrogen) atoms. The summed E-state index contributed by atoms with van der Waals surface area (Å²) in [6, 6.07) is 4.62. The summed E-state index contributed by atoms with van der Waals surface area (Å²) in [4.78, 5) is 18.8. The van der Waals surface area contributed by atoms with Gasteiger partial charge in [0.15, 0.2) is 5.13 Å². The van der Waals surface area contributed by atoms with Crippen molar-refractivity contribution in [2.24, 2.45) is 0 Å². The van der Waals surface area contributed by atoms with Gasteiger partial charge in [-0.3, -0.25) is 4.79 Å². The SMILES string of the molecule is O=C(c1ccc(Cl)cc1Cl)c1sc(N2CCOCC2)nc1O. The smallest absolute Gasteiger partial charge is 0.235 e. The van der Waals surface area contributed by atoms with E-state index in [1.54, 1.807) is 12.1 Å². The zero-order valence-electron chi connectivity index (χ0n) is 11.4. The molecule has 0 spiro atoms. The molecular formula is C14H12Cl2N2O3S. The predicted molar refractivity (Wildman–Crippen MR) is 86.7 cm³/mol. The molecule has 1 fully saturated rings. The first-order valence-electron chi connectivity index (χ1n) is 6.58. The number of morpholine rings is 1. The third-order valence-electron chi connectivity index (χ3n) is 3.26. The van der Waals surface area contributed by atoms with Gasteiger partial charge in [0.05, 0.1) is 18.2 Å². The summed E-state index contributed by atoms with van der Waals surface area (Å²) in [5, 5.41) is 11.3. The lowest BCUT2D eigenvalue weighted by Gasteiger charge is -2.25. The van der Waals surface area contributed by atoms with Gasteiger partial charge in [0.25, 0.3) is 0 Å². The van der Waals surface area contributed by atoms with Gasteiger partial charge in [-0.05, 0) is 18.2 Å². The number of thiazole rings is 1. The standard InChI is InChI=1S/C14H12Cl2N2O3S/c15-8-1-2-9(10(16)7-8)11(19)12-13(20)17-14(22-12)18-3-5-21-6-4-18/h1-2,7,20H,3-6H2. The normalized spacial score (nSPS) is 15.1. The molecule has 1 aromatic heterocycles. The van der Waals surface area contributed by atoms with Crippen LogP contribution in [0, 0.1) is 0 Å². The van der Waals surface area contributed by atoms with Crippen molar-refractivity contribution in [2.45, 2.75) is 0 Å². The van der Waals surface area contributed by atoms with E-state index in [1.165, 1.54) is 6.07 Å². The Morgan fingerprint density at radius 2 is 2.05 bits per heavy atom. The number of aromatic hydroxyl groups is 1. The zero-order chi connectivity index (χ0) is 15.7. The zero-order valence-corrected chi connectivity index (χ0v) is 13.7. The minimum Gasteiger partial charge on any atom is -0.492 e. The molecule has 0 amide bonds. The van der Waals surface area contributed by atoms with Gasteiger partial charge in [-0.25, -0.2) is 0 Å². The van der Waals surface area contributed by atoms with E-state index in [0.29, 0.717) is 42.0 Å². The molecule has 2 heterocycles. The van der Waals surface area contributed by atoms with Gasteiger partial charge in [0, 0.05) is 23.7 Å². The number of carbonyl (C=O) groups excluding carboxylic acids is 1. The van der Waals surface area contributed by atoms with Crippen molar-refractivity contribution in [1.29, 1.82) is 0 Å². The number of ketones is 1. The number of benzene rings is 1. The van der Waals surface area contributed by atoms with E-state index in [0.717, 1.165) is 11.3 Å². The minimum atomic E-state index is -0.365. The first kappa shape index (κ1) is 15.6. The summed E-state index contributed by atoms with van der Waals surface area (Å²) in [5.41, 5.74) is 0.290. The van der Waals surface area contributed by atoms with Crippen molar-refractivity contribution in [3.05, 3.63) is 38.7 Å². The van der Waals surface area contributed by atoms with E-state index >= 15 is 0 Å². The Balaban J connectivity index is 1.91. The maximum atomic E-state index is 12.5. The van der Waals surface area contributed by atoms with E-state index < -0.39 is 0 Å². The highest BCUT2D eigenvalue weighted by Gasteiger charge is 2.24. The number of rotatable bonds is 3. The van der Waals surface area contributed by atoms with Crippen molar-refractivity contribution < 1.29 is 14.6 Å². The molecule has 0 aliphatic carbocycles. The van der Waals surface area contributed by atoms with Crippen LogP contribution >= 0.6 is 34.5 Å². The molecule has 0 saturated carbocycles. The van der Waals surface area contributed by atoms with Crippen molar-refractivity contribution in [3.8, 4) is 5.88 Å². The molecule has 1 aliphatic rings. The lowest BCUT2D eigenvalue weighted by molar-refractivity contribution is 0.104. The number of hydrogen-bond donors (Lipinski definition) is 1. The Hall–Kier alpha value is -1.34. The number of hydrogen-bond acceptors (Lipinski definition) is 6. The Morgan fingerprint density at radius 3 is 2.73 bits per heavy atom. The lowest BCUT2D eigenvalue weighted by atomic mass is 10.1. The summed E-state index contributed by atoms with van der Waals surface area (Å²) in [7, 11) is 0. The number of aromatic nitrogens is 1. The van der Waals surface area contributed by atoms with Gasteiger partial charge in [0.1, 0.15) is 4.88 Å². The van der Waals surface area contributed by atoms with Gasteiger partial charge in [0.2, 0.25) is 11.7 Å². The average Bonchev–Trinajstić information content (AvgIpc) is 2.89. The Labute approximate surface area is 141 Å². The molecule has 1 saturated heterocycles. The quantitative estimate of drug-likeness (QED) is 0.853. The molecule has 116 valence electrons. The molecule has 0 bridgehead atoms. The molecule has 5 nitrogen and oxygen atoms in total. The first-order valence-corrected chi connectivity index (χ1v) is 8.16. The Bertz CT molecular complexity index is 714. The molecule has 0 unspecified atom stereocenters. The second-order valence-corrected chi connectivity index (χ2v) is 6.52. The van der Waals surface area contributed by atoms with Crippen LogP contribution in [0.5, 0.6) is 5.88 Å². The van der Waals surface area contributed by atoms with Crippen molar-refractivity contribution >= 4 is 45.5 Å². The number of nitrogens with zero attached hydrogens (tertiary/aromatic N) is 2. The van der Waals surface area contributed by atoms with E-state index in [2.05, 4.69) is 4.98 Å². The van der Waals surface area contributed by atoms with Crippen molar-refractivity contribution in [1.82, 2.24) is 4.98 Å². The van der Waals surface area contributed by atoms with E-state index in [9.17, 15) is 9.90 Å². The molecule has 1 aliphatic heterocycles. The summed E-state index contributed by atoms with van der Waals surface area (Å²) in [6.45, 7) is 2.57. The number of ether oxygens (including phenoxy) is 1. The highest BCUT2D eigenvalue weighted by atomic mass is 35.5. The summed E-state index contributed by atoms with van der Waals surface area (Å²) in [6.07, 6.45) is 0. The molecule has 1 aromatic carbocycles. The number of carbonyl (C=O) groups is 1. The molecule has 2 aromatic rings. The van der Waals surface area contributed by atoms with E-state index in [1.807, 2.05) is 4.90 Å². The topological polar surface area (TPSA) is 62.7 Å². The Kier molecular flexibility index (Phi) is 4.54. The molecule has 8 heteroatoms. The van der Waals surface area contributed by atoms with Crippen LogP contribution in [-0.4, -0.2) is 42.2 Å². The summed E-state index contributed by atoms with van der Waals surface area (Å²) in [5.74, 6) is -0.640. The van der Waals surface area contributed by atoms with Crippen LogP contribution in [0.2, 0.25) is 10.0 Å². The van der Waals surface area contributed by atoms with Crippen LogP contribution < -0.4 is 4.90 Å². The fourth-order valence-corrected chi connectivity index (χ4v) is 3.60. The van der Waals surface area contributed by atoms with Gasteiger partial charge >= 0.3 is 0 Å². The van der Waals surface area contributed by atoms with Crippen molar-refractivity contribution in [2.75, 3.05) is 31.2 Å². The second kappa shape index (κ2) is 6.42. The van der Waals surface area contributed by atoms with Crippen LogP contribution in [0.1, 0.15) is 15.2 Å². The summed E-state index contributed by atoms with van der Waals surface area (Å²) >= 11 is 13.0. The highest BCUT2D eigenvalue weighted by Crippen LogP contribution is 2.34.